The van der Waals surface area contributed by atoms with Crippen molar-refractivity contribution in [1.82, 2.24) is 5.32 Å². The predicted molar refractivity (Wildman–Crippen MR) is 213 cm³/mol. The van der Waals surface area contributed by atoms with Crippen LogP contribution in [0.2, 0.25) is 0 Å². The minimum Gasteiger partial charge on any atom is -0.391 e. The van der Waals surface area contributed by atoms with E-state index < -0.39 is 40.0 Å². The van der Waals surface area contributed by atoms with E-state index in [1.54, 1.807) is 0 Å². The van der Waals surface area contributed by atoms with Crippen molar-refractivity contribution in [1.29, 1.82) is 0 Å². The Morgan fingerprint density at radius 2 is 0.720 bits per heavy atom. The highest BCUT2D eigenvalue weighted by molar-refractivity contribution is 7.85. The molecular weight excluding hydrogens is 647 g/mol. The molecule has 0 aromatic heterocycles. The first-order valence-electron chi connectivity index (χ1n) is 21.8. The number of aliphatic hydroxyl groups is 2. The molecule has 4 N–H and O–H groups in total. The number of carbonyl (C=O) groups excluding carboxylic acids is 1. The van der Waals surface area contributed by atoms with Crippen LogP contribution in [-0.4, -0.2) is 53.1 Å². The molecule has 0 radical (unpaired) electrons. The van der Waals surface area contributed by atoms with Gasteiger partial charge in [-0.15, -0.1) is 0 Å². The van der Waals surface area contributed by atoms with E-state index in [9.17, 15) is 28.0 Å². The number of rotatable bonds is 40. The number of unbranched alkanes of at least 4 members (excludes halogenated alkanes) is 31. The first-order valence-corrected chi connectivity index (χ1v) is 23.4. The summed E-state index contributed by atoms with van der Waals surface area (Å²) in [5.41, 5.74) is 0. The van der Waals surface area contributed by atoms with Crippen LogP contribution in [0.5, 0.6) is 0 Å². The number of carbonyl (C=O) groups is 1. The fourth-order valence-corrected chi connectivity index (χ4v) is 7.81. The van der Waals surface area contributed by atoms with Crippen LogP contribution in [0.25, 0.3) is 0 Å². The van der Waals surface area contributed by atoms with Crippen molar-refractivity contribution in [2.24, 2.45) is 0 Å². The number of nitrogens with one attached hydrogen (secondary N) is 1. The second kappa shape index (κ2) is 36.6. The smallest absolute Gasteiger partial charge is 0.266 e. The maximum absolute atomic E-state index is 12.6. The van der Waals surface area contributed by atoms with Crippen molar-refractivity contribution in [3.05, 3.63) is 0 Å². The third kappa shape index (κ3) is 35.7. The lowest BCUT2D eigenvalue weighted by Crippen LogP contribution is -2.50. The normalized spacial score (nSPS) is 13.8. The third-order valence-electron chi connectivity index (χ3n) is 10.4. The summed E-state index contributed by atoms with van der Waals surface area (Å²) in [6.45, 7) is 4.52. The van der Waals surface area contributed by atoms with E-state index in [2.05, 4.69) is 19.2 Å². The Balaban J connectivity index is 3.89. The third-order valence-corrected chi connectivity index (χ3v) is 11.2. The molecule has 1 amide bonds. The van der Waals surface area contributed by atoms with Gasteiger partial charge in [-0.2, -0.15) is 8.42 Å². The Bertz CT molecular complexity index is 823. The van der Waals surface area contributed by atoms with Crippen LogP contribution in [0.15, 0.2) is 0 Å². The predicted octanol–water partition coefficient (Wildman–Crippen LogP) is 11.8. The maximum Gasteiger partial charge on any atom is 0.266 e. The summed E-state index contributed by atoms with van der Waals surface area (Å²) in [7, 11) is -4.40. The van der Waals surface area contributed by atoms with Crippen LogP contribution >= 0.6 is 0 Å². The van der Waals surface area contributed by atoms with Gasteiger partial charge < -0.3 is 15.5 Å². The monoisotopic (exact) mass is 732 g/mol. The van der Waals surface area contributed by atoms with Gasteiger partial charge >= 0.3 is 0 Å². The molecule has 0 rings (SSSR count). The lowest BCUT2D eigenvalue weighted by molar-refractivity contribution is -0.131. The first-order chi connectivity index (χ1) is 24.2. The molecule has 0 fully saturated rings. The van der Waals surface area contributed by atoms with Gasteiger partial charge in [-0.3, -0.25) is 9.35 Å². The van der Waals surface area contributed by atoms with Crippen LogP contribution < -0.4 is 5.32 Å². The molecule has 0 bridgehead atoms. The first kappa shape index (κ1) is 49.3. The summed E-state index contributed by atoms with van der Waals surface area (Å²) >= 11 is 0. The molecule has 7 nitrogen and oxygen atoms in total. The SMILES string of the molecule is CCCCCCCCCCCCCCCCCCCCCC(O)C(=O)NC(CS(=O)(=O)O)C(O)CCCCCCCCCCCCCCCC. The maximum atomic E-state index is 12.6. The second-order valence-electron chi connectivity index (χ2n) is 15.5. The molecule has 0 aliphatic heterocycles. The molecule has 50 heavy (non-hydrogen) atoms. The lowest BCUT2D eigenvalue weighted by atomic mass is 10.0. The van der Waals surface area contributed by atoms with E-state index in [-0.39, 0.29) is 0 Å². The molecule has 3 atom stereocenters. The summed E-state index contributed by atoms with van der Waals surface area (Å²) in [5.74, 6) is -1.44. The number of hydrogen-bond donors (Lipinski definition) is 4. The van der Waals surface area contributed by atoms with Crippen LogP contribution in [-0.2, 0) is 14.9 Å². The van der Waals surface area contributed by atoms with Gasteiger partial charge in [-0.05, 0) is 12.8 Å². The van der Waals surface area contributed by atoms with Crippen molar-refractivity contribution >= 4 is 16.0 Å². The minimum absolute atomic E-state index is 0.304. The average molecular weight is 732 g/mol. The molecule has 8 heteroatoms. The van der Waals surface area contributed by atoms with E-state index in [0.29, 0.717) is 12.8 Å². The molecule has 0 aliphatic carbocycles. The molecule has 0 aromatic carbocycles. The highest BCUT2D eigenvalue weighted by atomic mass is 32.2. The highest BCUT2D eigenvalue weighted by Gasteiger charge is 2.28. The zero-order chi connectivity index (χ0) is 37.0. The number of hydrogen-bond acceptors (Lipinski definition) is 5. The summed E-state index contributed by atoms with van der Waals surface area (Å²) in [4.78, 5) is 12.6. The Morgan fingerprint density at radius 1 is 0.460 bits per heavy atom. The Kier molecular flexibility index (Phi) is 36.1. The summed E-state index contributed by atoms with van der Waals surface area (Å²) in [5, 5.41) is 23.6. The van der Waals surface area contributed by atoms with Gasteiger partial charge in [0.1, 0.15) is 6.10 Å². The van der Waals surface area contributed by atoms with E-state index in [0.717, 1.165) is 44.9 Å². The van der Waals surface area contributed by atoms with Crippen molar-refractivity contribution in [2.45, 2.75) is 257 Å². The zero-order valence-corrected chi connectivity index (χ0v) is 34.0. The molecule has 3 unspecified atom stereocenters. The number of amides is 1. The van der Waals surface area contributed by atoms with E-state index >= 15 is 0 Å². The molecule has 0 aliphatic rings. The van der Waals surface area contributed by atoms with E-state index in [4.69, 9.17) is 0 Å². The van der Waals surface area contributed by atoms with Gasteiger partial charge in [0.2, 0.25) is 5.91 Å². The average Bonchev–Trinajstić information content (AvgIpc) is 3.08. The van der Waals surface area contributed by atoms with E-state index in [1.165, 1.54) is 167 Å². The lowest BCUT2D eigenvalue weighted by Gasteiger charge is -2.24. The molecule has 0 heterocycles. The summed E-state index contributed by atoms with van der Waals surface area (Å²) in [6, 6.07) is -1.14. The summed E-state index contributed by atoms with van der Waals surface area (Å²) < 4.78 is 32.6. The van der Waals surface area contributed by atoms with Gasteiger partial charge in [-0.1, -0.05) is 226 Å². The molecule has 0 saturated carbocycles. The zero-order valence-electron chi connectivity index (χ0n) is 33.2. The molecule has 0 spiro atoms. The van der Waals surface area contributed by atoms with Crippen LogP contribution in [0.4, 0.5) is 0 Å². The fraction of sp³-hybridized carbons (Fsp3) is 0.976. The Morgan fingerprint density at radius 3 is 1.00 bits per heavy atom. The van der Waals surface area contributed by atoms with Crippen molar-refractivity contribution in [3.63, 3.8) is 0 Å². The van der Waals surface area contributed by atoms with Crippen LogP contribution in [0, 0.1) is 0 Å². The van der Waals surface area contributed by atoms with Gasteiger partial charge in [0.25, 0.3) is 10.1 Å². The van der Waals surface area contributed by atoms with Gasteiger partial charge in [-0.25, -0.2) is 0 Å². The van der Waals surface area contributed by atoms with Crippen molar-refractivity contribution < 1.29 is 28.0 Å². The fourth-order valence-electron chi connectivity index (χ4n) is 7.05. The number of aliphatic hydroxyl groups excluding tert-OH is 2. The van der Waals surface area contributed by atoms with Gasteiger partial charge in [0.05, 0.1) is 17.9 Å². The quantitative estimate of drug-likeness (QED) is 0.0367. The van der Waals surface area contributed by atoms with Crippen LogP contribution in [0.3, 0.4) is 0 Å². The van der Waals surface area contributed by atoms with Gasteiger partial charge in [0.15, 0.2) is 0 Å². The molecule has 300 valence electrons. The van der Waals surface area contributed by atoms with Gasteiger partial charge in [0, 0.05) is 0 Å². The standard InChI is InChI=1S/C42H85NO6S/c1-3-5-7-9-11-13-15-17-19-20-21-22-23-25-27-29-31-33-35-37-41(45)42(46)43-39(38-50(47,48)49)40(44)36-34-32-30-28-26-24-18-16-14-12-10-8-6-4-2/h39-41,44-45H,3-38H2,1-2H3,(H,43,46)(H,47,48,49). The highest BCUT2D eigenvalue weighted by Crippen LogP contribution is 2.17. The van der Waals surface area contributed by atoms with Crippen molar-refractivity contribution in [2.75, 3.05) is 5.75 Å². The summed E-state index contributed by atoms with van der Waals surface area (Å²) in [6.07, 6.45) is 39.8. The van der Waals surface area contributed by atoms with Crippen LogP contribution in [0.1, 0.15) is 239 Å². The molecule has 0 aromatic rings. The Hall–Kier alpha value is -0.700. The Labute approximate surface area is 311 Å². The molecular formula is C42H85NO6S. The van der Waals surface area contributed by atoms with E-state index in [1.807, 2.05) is 0 Å². The molecule has 0 saturated heterocycles. The van der Waals surface area contributed by atoms with Crippen molar-refractivity contribution in [3.8, 4) is 0 Å². The topological polar surface area (TPSA) is 124 Å². The largest absolute Gasteiger partial charge is 0.391 e. The second-order valence-corrected chi connectivity index (χ2v) is 17.0. The minimum atomic E-state index is -4.40.